The van der Waals surface area contributed by atoms with Crippen LogP contribution >= 0.6 is 11.3 Å². The smallest absolute Gasteiger partial charge is 0.408 e. The zero-order chi connectivity index (χ0) is 31.5. The topological polar surface area (TPSA) is 113 Å². The molecule has 2 unspecified atom stereocenters. The minimum atomic E-state index is -2.98. The molecule has 43 heavy (non-hydrogen) atoms. The van der Waals surface area contributed by atoms with Gasteiger partial charge in [0.25, 0.3) is 11.8 Å². The van der Waals surface area contributed by atoms with E-state index in [1.54, 1.807) is 6.20 Å². The standard InChI is InChI=1S/C30H47F2N5O5S/c1-18-7-9-21(10-8-18)25(42-28(40)35-29(4,5)6)26(39)34-27-33-13-23(43-27)22(16-36-14-19(2)41-20(3)15-36)37-17-30(31,32)12-11-24(37)38/h13,18-22,25H,7-12,14-17H2,1-6H3,(H,35,40)(H,33,34,39)/t18?,19-,20+,21?,22?,25?. The molecular formula is C30H47F2N5O5S. The largest absolute Gasteiger partial charge is 0.436 e. The van der Waals surface area contributed by atoms with E-state index in [-0.39, 0.29) is 35.6 Å². The van der Waals surface area contributed by atoms with E-state index in [0.717, 1.165) is 37.0 Å². The molecule has 0 aromatic carbocycles. The Labute approximate surface area is 257 Å². The molecule has 13 heteroatoms. The van der Waals surface area contributed by atoms with Gasteiger partial charge in [0.15, 0.2) is 11.2 Å². The van der Waals surface area contributed by atoms with Crippen molar-refractivity contribution in [2.45, 2.75) is 116 Å². The normalized spacial score (nSPS) is 28.2. The number of piperidine rings is 1. The maximum Gasteiger partial charge on any atom is 0.408 e. The van der Waals surface area contributed by atoms with Crippen LogP contribution in [0.2, 0.25) is 0 Å². The van der Waals surface area contributed by atoms with Crippen LogP contribution in [-0.4, -0.2) is 88.6 Å². The maximum atomic E-state index is 14.5. The molecule has 2 saturated heterocycles. The summed E-state index contributed by atoms with van der Waals surface area (Å²) in [5.74, 6) is -3.36. The number of carbonyl (C=O) groups is 3. The number of amides is 3. The summed E-state index contributed by atoms with van der Waals surface area (Å²) < 4.78 is 40.6. The predicted molar refractivity (Wildman–Crippen MR) is 160 cm³/mol. The molecule has 0 radical (unpaired) electrons. The van der Waals surface area contributed by atoms with E-state index in [1.165, 1.54) is 4.90 Å². The summed E-state index contributed by atoms with van der Waals surface area (Å²) in [5.41, 5.74) is -0.531. The first-order valence-corrected chi connectivity index (χ1v) is 16.2. The number of morpholine rings is 1. The molecule has 2 aliphatic heterocycles. The Balaban J connectivity index is 1.54. The van der Waals surface area contributed by atoms with E-state index in [4.69, 9.17) is 9.47 Å². The van der Waals surface area contributed by atoms with Crippen LogP contribution in [0, 0.1) is 11.8 Å². The van der Waals surface area contributed by atoms with Gasteiger partial charge < -0.3 is 19.7 Å². The number of carbonyl (C=O) groups excluding carboxylic acids is 3. The molecule has 4 atom stereocenters. The number of thiazole rings is 1. The lowest BCUT2D eigenvalue weighted by atomic mass is 9.80. The van der Waals surface area contributed by atoms with Crippen molar-refractivity contribution >= 4 is 34.4 Å². The van der Waals surface area contributed by atoms with Gasteiger partial charge in [-0.15, -0.1) is 0 Å². The molecule has 1 aromatic heterocycles. The minimum absolute atomic E-state index is 0.0330. The van der Waals surface area contributed by atoms with E-state index in [1.807, 2.05) is 34.6 Å². The molecule has 3 aliphatic rings. The zero-order valence-corrected chi connectivity index (χ0v) is 27.0. The third-order valence-corrected chi connectivity index (χ3v) is 9.28. The lowest BCUT2D eigenvalue weighted by molar-refractivity contribution is -0.153. The van der Waals surface area contributed by atoms with Gasteiger partial charge in [-0.05, 0) is 53.4 Å². The Morgan fingerprint density at radius 1 is 1.16 bits per heavy atom. The zero-order valence-electron chi connectivity index (χ0n) is 26.2. The molecule has 1 aliphatic carbocycles. The molecule has 3 amide bonds. The average Bonchev–Trinajstić information content (AvgIpc) is 3.34. The van der Waals surface area contributed by atoms with E-state index in [2.05, 4.69) is 27.4 Å². The first-order chi connectivity index (χ1) is 20.1. The van der Waals surface area contributed by atoms with Crippen molar-refractivity contribution in [3.8, 4) is 0 Å². The quantitative estimate of drug-likeness (QED) is 0.407. The Hall–Kier alpha value is -2.38. The van der Waals surface area contributed by atoms with Crippen molar-refractivity contribution in [1.29, 1.82) is 0 Å². The summed E-state index contributed by atoms with van der Waals surface area (Å²) >= 11 is 1.15. The number of nitrogens with zero attached hydrogens (tertiary/aromatic N) is 3. The first-order valence-electron chi connectivity index (χ1n) is 15.4. The van der Waals surface area contributed by atoms with E-state index >= 15 is 0 Å². The van der Waals surface area contributed by atoms with Gasteiger partial charge in [-0.1, -0.05) is 31.1 Å². The molecule has 0 bridgehead atoms. The number of alkyl halides is 2. The number of aromatic nitrogens is 1. The van der Waals surface area contributed by atoms with Gasteiger partial charge in [-0.25, -0.2) is 18.6 Å². The van der Waals surface area contributed by atoms with E-state index in [0.29, 0.717) is 30.4 Å². The first kappa shape index (κ1) is 33.5. The Kier molecular flexibility index (Phi) is 10.7. The second-order valence-corrected chi connectivity index (χ2v) is 14.7. The molecule has 10 nitrogen and oxygen atoms in total. The van der Waals surface area contributed by atoms with Gasteiger partial charge >= 0.3 is 6.09 Å². The number of ether oxygens (including phenoxy) is 2. The predicted octanol–water partition coefficient (Wildman–Crippen LogP) is 5.21. The number of nitrogens with one attached hydrogen (secondary N) is 2. The van der Waals surface area contributed by atoms with Crippen LogP contribution in [-0.2, 0) is 19.1 Å². The number of rotatable bonds is 8. The lowest BCUT2D eigenvalue weighted by Crippen LogP contribution is -2.53. The Morgan fingerprint density at radius 3 is 2.44 bits per heavy atom. The fourth-order valence-corrected chi connectivity index (χ4v) is 7.16. The Morgan fingerprint density at radius 2 is 1.81 bits per heavy atom. The van der Waals surface area contributed by atoms with Gasteiger partial charge in [0.2, 0.25) is 5.91 Å². The maximum absolute atomic E-state index is 14.5. The average molecular weight is 628 g/mol. The number of likely N-dealkylation sites (tertiary alicyclic amines) is 1. The highest BCUT2D eigenvalue weighted by Crippen LogP contribution is 2.37. The van der Waals surface area contributed by atoms with Crippen LogP contribution < -0.4 is 10.6 Å². The monoisotopic (exact) mass is 627 g/mol. The van der Waals surface area contributed by atoms with E-state index in [9.17, 15) is 23.2 Å². The molecule has 3 heterocycles. The summed E-state index contributed by atoms with van der Waals surface area (Å²) in [4.78, 5) is 47.6. The van der Waals surface area contributed by atoms with Gasteiger partial charge in [0, 0.05) is 50.1 Å². The molecule has 4 rings (SSSR count). The second kappa shape index (κ2) is 13.7. The summed E-state index contributed by atoms with van der Waals surface area (Å²) in [7, 11) is 0. The van der Waals surface area contributed by atoms with Crippen LogP contribution in [0.5, 0.6) is 0 Å². The van der Waals surface area contributed by atoms with Crippen LogP contribution in [0.25, 0.3) is 0 Å². The highest BCUT2D eigenvalue weighted by Gasteiger charge is 2.43. The molecule has 1 saturated carbocycles. The SMILES string of the molecule is CC1CCC(C(OC(=O)NC(C)(C)C)C(=O)Nc2ncc(C(CN3C[C@@H](C)O[C@@H](C)C3)N3CC(F)(F)CCC3=O)s2)CC1. The third kappa shape index (κ3) is 9.55. The van der Waals surface area contributed by atoms with Crippen molar-refractivity contribution in [1.82, 2.24) is 20.1 Å². The van der Waals surface area contributed by atoms with Crippen molar-refractivity contribution in [3.63, 3.8) is 0 Å². The van der Waals surface area contributed by atoms with Crippen molar-refractivity contribution in [2.24, 2.45) is 11.8 Å². The Bertz CT molecular complexity index is 1130. The second-order valence-electron chi connectivity index (χ2n) is 13.6. The third-order valence-electron chi connectivity index (χ3n) is 8.27. The van der Waals surface area contributed by atoms with E-state index < -0.39 is 48.6 Å². The number of hydrogen-bond donors (Lipinski definition) is 2. The molecule has 0 spiro atoms. The summed E-state index contributed by atoms with van der Waals surface area (Å²) in [6.07, 6.45) is 2.52. The molecule has 242 valence electrons. The number of anilines is 1. The van der Waals surface area contributed by atoms with Crippen molar-refractivity contribution < 1.29 is 32.6 Å². The molecule has 3 fully saturated rings. The highest BCUT2D eigenvalue weighted by atomic mass is 32.1. The van der Waals surface area contributed by atoms with Crippen molar-refractivity contribution in [2.75, 3.05) is 31.5 Å². The van der Waals surface area contributed by atoms with Crippen molar-refractivity contribution in [3.05, 3.63) is 11.1 Å². The summed E-state index contributed by atoms with van der Waals surface area (Å²) in [5, 5.41) is 5.84. The number of alkyl carbamates (subject to hydrolysis) is 1. The van der Waals surface area contributed by atoms with Crippen LogP contribution in [0.3, 0.4) is 0 Å². The minimum Gasteiger partial charge on any atom is -0.436 e. The lowest BCUT2D eigenvalue weighted by Gasteiger charge is -2.42. The van der Waals surface area contributed by atoms with Crippen LogP contribution in [0.4, 0.5) is 18.7 Å². The fourth-order valence-electron chi connectivity index (χ4n) is 6.23. The van der Waals surface area contributed by atoms with Crippen LogP contribution in [0.1, 0.15) is 91.0 Å². The molecule has 2 N–H and O–H groups in total. The fraction of sp³-hybridized carbons (Fsp3) is 0.800. The summed E-state index contributed by atoms with van der Waals surface area (Å²) in [6.45, 7) is 12.5. The van der Waals surface area contributed by atoms with Gasteiger partial charge in [0.05, 0.1) is 29.7 Å². The summed E-state index contributed by atoms with van der Waals surface area (Å²) in [6, 6.07) is -0.663. The molecular weight excluding hydrogens is 580 g/mol. The van der Waals surface area contributed by atoms with Gasteiger partial charge in [-0.2, -0.15) is 0 Å². The highest BCUT2D eigenvalue weighted by molar-refractivity contribution is 7.15. The van der Waals surface area contributed by atoms with Gasteiger partial charge in [-0.3, -0.25) is 19.8 Å². The number of hydrogen-bond acceptors (Lipinski definition) is 8. The van der Waals surface area contributed by atoms with Crippen LogP contribution in [0.15, 0.2) is 6.20 Å². The van der Waals surface area contributed by atoms with Gasteiger partial charge in [0.1, 0.15) is 0 Å². The number of halogens is 2. The molecule has 1 aromatic rings.